The summed E-state index contributed by atoms with van der Waals surface area (Å²) in [6, 6.07) is 12.3. The van der Waals surface area contributed by atoms with Gasteiger partial charge in [0.2, 0.25) is 5.91 Å². The van der Waals surface area contributed by atoms with Crippen molar-refractivity contribution in [3.05, 3.63) is 88.0 Å². The van der Waals surface area contributed by atoms with Crippen molar-refractivity contribution in [3.8, 4) is 0 Å². The summed E-state index contributed by atoms with van der Waals surface area (Å²) < 4.78 is 13.0. The molecule has 1 amide bonds. The number of pyridine rings is 1. The fourth-order valence-electron chi connectivity index (χ4n) is 4.33. The van der Waals surface area contributed by atoms with E-state index in [-0.39, 0.29) is 24.1 Å². The molecule has 3 aromatic rings. The quantitative estimate of drug-likeness (QED) is 0.597. The van der Waals surface area contributed by atoms with Crippen molar-refractivity contribution >= 4 is 5.91 Å². The summed E-state index contributed by atoms with van der Waals surface area (Å²) in [5, 5.41) is 2.89. The van der Waals surface area contributed by atoms with Crippen molar-refractivity contribution in [1.82, 2.24) is 25.2 Å². The number of halogens is 1. The molecule has 7 heteroatoms. The van der Waals surface area contributed by atoms with Gasteiger partial charge in [-0.25, -0.2) is 14.4 Å². The third-order valence-electron chi connectivity index (χ3n) is 6.15. The number of aryl methyl sites for hydroxylation is 3. The molecule has 1 fully saturated rings. The topological polar surface area (TPSA) is 71.0 Å². The lowest BCUT2D eigenvalue weighted by atomic mass is 10.0. The van der Waals surface area contributed by atoms with Crippen molar-refractivity contribution in [1.29, 1.82) is 0 Å². The Morgan fingerprint density at radius 1 is 1.06 bits per heavy atom. The normalized spacial score (nSPS) is 16.2. The monoisotopic (exact) mass is 447 g/mol. The van der Waals surface area contributed by atoms with Gasteiger partial charge in [-0.05, 0) is 63.6 Å². The van der Waals surface area contributed by atoms with Crippen LogP contribution in [0.5, 0.6) is 0 Å². The molecule has 6 nitrogen and oxygen atoms in total. The van der Waals surface area contributed by atoms with E-state index in [1.54, 1.807) is 12.1 Å². The van der Waals surface area contributed by atoms with E-state index in [0.29, 0.717) is 6.54 Å². The Bertz CT molecular complexity index is 1110. The van der Waals surface area contributed by atoms with E-state index in [9.17, 15) is 9.18 Å². The Kier molecular flexibility index (Phi) is 7.08. The first-order valence-corrected chi connectivity index (χ1v) is 11.4. The summed E-state index contributed by atoms with van der Waals surface area (Å²) in [4.78, 5) is 29.1. The Balaban J connectivity index is 1.35. The molecule has 1 N–H and O–H groups in total. The number of amides is 1. The molecule has 0 radical (unpaired) electrons. The SMILES string of the molecule is Cc1cccc(CN2CC[C@H](c3nc(C)c(CC(=O)NCc4ccc(F)cc4)c(C)n3)C2)n1. The number of rotatable bonds is 7. The highest BCUT2D eigenvalue weighted by Gasteiger charge is 2.27. The summed E-state index contributed by atoms with van der Waals surface area (Å²) >= 11 is 0. The maximum Gasteiger partial charge on any atom is 0.224 e. The Morgan fingerprint density at radius 3 is 2.48 bits per heavy atom. The van der Waals surface area contributed by atoms with Crippen LogP contribution in [0.4, 0.5) is 4.39 Å². The minimum atomic E-state index is -0.286. The zero-order valence-corrected chi connectivity index (χ0v) is 19.4. The summed E-state index contributed by atoms with van der Waals surface area (Å²) in [6.45, 7) is 9.02. The van der Waals surface area contributed by atoms with Gasteiger partial charge in [-0.15, -0.1) is 0 Å². The highest BCUT2D eigenvalue weighted by atomic mass is 19.1. The van der Waals surface area contributed by atoms with Crippen molar-refractivity contribution in [3.63, 3.8) is 0 Å². The first kappa shape index (κ1) is 23.0. The molecule has 0 unspecified atom stereocenters. The molecule has 1 saturated heterocycles. The van der Waals surface area contributed by atoms with E-state index in [2.05, 4.69) is 27.3 Å². The second-order valence-corrected chi connectivity index (χ2v) is 8.80. The van der Waals surface area contributed by atoms with Crippen molar-refractivity contribution in [2.75, 3.05) is 13.1 Å². The van der Waals surface area contributed by atoms with Crippen LogP contribution in [-0.4, -0.2) is 38.8 Å². The molecule has 4 rings (SSSR count). The van der Waals surface area contributed by atoms with Crippen LogP contribution in [0.2, 0.25) is 0 Å². The van der Waals surface area contributed by atoms with Gasteiger partial charge in [-0.2, -0.15) is 0 Å². The van der Waals surface area contributed by atoms with Crippen molar-refractivity contribution < 1.29 is 9.18 Å². The van der Waals surface area contributed by atoms with E-state index >= 15 is 0 Å². The molecule has 1 aromatic carbocycles. The number of aromatic nitrogens is 3. The molecule has 3 heterocycles. The van der Waals surface area contributed by atoms with Crippen molar-refractivity contribution in [2.24, 2.45) is 0 Å². The first-order chi connectivity index (χ1) is 15.9. The number of hydrogen-bond donors (Lipinski definition) is 1. The summed E-state index contributed by atoms with van der Waals surface area (Å²) in [7, 11) is 0. The van der Waals surface area contributed by atoms with Gasteiger partial charge in [0, 0.05) is 48.2 Å². The van der Waals surface area contributed by atoms with Crippen molar-refractivity contribution in [2.45, 2.75) is 52.6 Å². The van der Waals surface area contributed by atoms with Gasteiger partial charge < -0.3 is 5.32 Å². The lowest BCUT2D eigenvalue weighted by Gasteiger charge is -2.17. The molecule has 0 aliphatic carbocycles. The van der Waals surface area contributed by atoms with Gasteiger partial charge in [-0.1, -0.05) is 18.2 Å². The fourth-order valence-corrected chi connectivity index (χ4v) is 4.33. The lowest BCUT2D eigenvalue weighted by Crippen LogP contribution is -2.26. The average Bonchev–Trinajstić information content (AvgIpc) is 3.24. The molecule has 0 saturated carbocycles. The molecule has 33 heavy (non-hydrogen) atoms. The average molecular weight is 448 g/mol. The summed E-state index contributed by atoms with van der Waals surface area (Å²) in [5.74, 6) is 0.763. The minimum Gasteiger partial charge on any atom is -0.352 e. The van der Waals surface area contributed by atoms with Gasteiger partial charge in [0.15, 0.2) is 0 Å². The van der Waals surface area contributed by atoms with Crippen LogP contribution >= 0.6 is 0 Å². The number of hydrogen-bond acceptors (Lipinski definition) is 5. The highest BCUT2D eigenvalue weighted by molar-refractivity contribution is 5.79. The van der Waals surface area contributed by atoms with Crippen LogP contribution in [0.3, 0.4) is 0 Å². The third kappa shape index (κ3) is 5.99. The van der Waals surface area contributed by atoms with Crippen LogP contribution < -0.4 is 5.32 Å². The summed E-state index contributed by atoms with van der Waals surface area (Å²) in [5.41, 5.74) is 5.56. The molecule has 2 aromatic heterocycles. The van der Waals surface area contributed by atoms with Gasteiger partial charge >= 0.3 is 0 Å². The van der Waals surface area contributed by atoms with Gasteiger partial charge in [-0.3, -0.25) is 14.7 Å². The van der Waals surface area contributed by atoms with Crippen LogP contribution in [0.15, 0.2) is 42.5 Å². The number of carbonyl (C=O) groups is 1. The van der Waals surface area contributed by atoms with Gasteiger partial charge in [0.1, 0.15) is 11.6 Å². The van der Waals surface area contributed by atoms with E-state index in [4.69, 9.17) is 9.97 Å². The zero-order valence-electron chi connectivity index (χ0n) is 19.4. The number of carbonyl (C=O) groups excluding carboxylic acids is 1. The Morgan fingerprint density at radius 2 is 1.79 bits per heavy atom. The number of nitrogens with one attached hydrogen (secondary N) is 1. The van der Waals surface area contributed by atoms with Gasteiger partial charge in [0.25, 0.3) is 0 Å². The van der Waals surface area contributed by atoms with Crippen LogP contribution in [0, 0.1) is 26.6 Å². The fraction of sp³-hybridized carbons (Fsp3) is 0.385. The number of nitrogens with zero attached hydrogens (tertiary/aromatic N) is 4. The molecule has 1 atom stereocenters. The predicted molar refractivity (Wildman–Crippen MR) is 125 cm³/mol. The van der Waals surface area contributed by atoms with Gasteiger partial charge in [0.05, 0.1) is 12.1 Å². The van der Waals surface area contributed by atoms with E-state index in [0.717, 1.165) is 65.8 Å². The third-order valence-corrected chi connectivity index (χ3v) is 6.15. The second kappa shape index (κ2) is 10.2. The van der Waals surface area contributed by atoms with Crippen LogP contribution in [0.25, 0.3) is 0 Å². The molecular formula is C26H30FN5O. The predicted octanol–water partition coefficient (Wildman–Crippen LogP) is 3.78. The maximum atomic E-state index is 13.0. The number of benzene rings is 1. The Labute approximate surface area is 194 Å². The molecule has 1 aliphatic heterocycles. The van der Waals surface area contributed by atoms with Crippen LogP contribution in [0.1, 0.15) is 52.1 Å². The second-order valence-electron chi connectivity index (χ2n) is 8.80. The van der Waals surface area contributed by atoms with E-state index in [1.807, 2.05) is 26.8 Å². The lowest BCUT2D eigenvalue weighted by molar-refractivity contribution is -0.120. The van der Waals surface area contributed by atoms with E-state index < -0.39 is 0 Å². The van der Waals surface area contributed by atoms with E-state index in [1.165, 1.54) is 12.1 Å². The maximum absolute atomic E-state index is 13.0. The molecule has 1 aliphatic rings. The number of likely N-dealkylation sites (tertiary alicyclic amines) is 1. The smallest absolute Gasteiger partial charge is 0.224 e. The first-order valence-electron chi connectivity index (χ1n) is 11.4. The molecular weight excluding hydrogens is 417 g/mol. The largest absolute Gasteiger partial charge is 0.352 e. The molecule has 172 valence electrons. The minimum absolute atomic E-state index is 0.0976. The van der Waals surface area contributed by atoms with Crippen LogP contribution in [-0.2, 0) is 24.3 Å². The molecule has 0 spiro atoms. The highest BCUT2D eigenvalue weighted by Crippen LogP contribution is 2.27. The summed E-state index contributed by atoms with van der Waals surface area (Å²) in [6.07, 6.45) is 1.25. The molecule has 0 bridgehead atoms. The Hall–Kier alpha value is -3.19. The standard InChI is InChI=1S/C26H30FN5O/c1-17-5-4-6-23(29-17)16-32-12-11-21(15-32)26-30-18(2)24(19(3)31-26)13-25(33)28-14-20-7-9-22(27)10-8-20/h4-10,21H,11-16H2,1-3H3,(H,28,33)/t21-/m0/s1. The zero-order chi connectivity index (χ0) is 23.4.